The van der Waals surface area contributed by atoms with Crippen molar-refractivity contribution in [2.75, 3.05) is 0 Å². The van der Waals surface area contributed by atoms with E-state index in [9.17, 15) is 29.8 Å². The number of benzene rings is 2. The molecule has 0 radical (unpaired) electrons. The van der Waals surface area contributed by atoms with Crippen molar-refractivity contribution in [2.45, 2.75) is 31.5 Å². The lowest BCUT2D eigenvalue weighted by Gasteiger charge is -2.34. The van der Waals surface area contributed by atoms with Crippen molar-refractivity contribution in [2.24, 2.45) is 5.41 Å². The zero-order valence-corrected chi connectivity index (χ0v) is 15.9. The first kappa shape index (κ1) is 19.5. The maximum Gasteiger partial charge on any atom is 0.328 e. The molecule has 1 saturated carbocycles. The normalized spacial score (nSPS) is 23.4. The number of cyclic esters (lactones) is 2. The molecular formula is C20H16N2O8. The van der Waals surface area contributed by atoms with Crippen LogP contribution in [0.1, 0.15) is 36.8 Å². The molecule has 1 aliphatic heterocycles. The van der Waals surface area contributed by atoms with Gasteiger partial charge in [0.05, 0.1) is 9.85 Å². The fourth-order valence-electron chi connectivity index (χ4n) is 4.13. The van der Waals surface area contributed by atoms with E-state index in [2.05, 4.69) is 0 Å². The van der Waals surface area contributed by atoms with E-state index in [1.807, 2.05) is 0 Å². The highest BCUT2D eigenvalue weighted by atomic mass is 16.7. The molecule has 1 saturated heterocycles. The fourth-order valence-corrected chi connectivity index (χ4v) is 4.13. The van der Waals surface area contributed by atoms with Gasteiger partial charge in [-0.15, -0.1) is 0 Å². The van der Waals surface area contributed by atoms with Crippen molar-refractivity contribution < 1.29 is 28.9 Å². The molecule has 10 heteroatoms. The number of esters is 2. The van der Waals surface area contributed by atoms with E-state index in [1.165, 1.54) is 62.4 Å². The van der Waals surface area contributed by atoms with Crippen molar-refractivity contribution in [1.29, 1.82) is 0 Å². The van der Waals surface area contributed by atoms with Crippen LogP contribution in [0.5, 0.6) is 0 Å². The van der Waals surface area contributed by atoms with Gasteiger partial charge in [-0.2, -0.15) is 0 Å². The first-order valence-corrected chi connectivity index (χ1v) is 9.03. The lowest BCUT2D eigenvalue weighted by Crippen LogP contribution is -2.48. The van der Waals surface area contributed by atoms with Gasteiger partial charge in [-0.3, -0.25) is 29.8 Å². The van der Waals surface area contributed by atoms with Crippen LogP contribution in [0.15, 0.2) is 48.5 Å². The summed E-state index contributed by atoms with van der Waals surface area (Å²) in [4.78, 5) is 46.8. The minimum atomic E-state index is -1.65. The third-order valence-corrected chi connectivity index (χ3v) is 5.48. The molecule has 30 heavy (non-hydrogen) atoms. The molecule has 10 nitrogen and oxygen atoms in total. The van der Waals surface area contributed by atoms with Crippen molar-refractivity contribution in [1.82, 2.24) is 0 Å². The number of nitro benzene ring substituents is 2. The Hall–Kier alpha value is -3.82. The summed E-state index contributed by atoms with van der Waals surface area (Å²) >= 11 is 0. The van der Waals surface area contributed by atoms with E-state index in [4.69, 9.17) is 9.47 Å². The number of hydrogen-bond donors (Lipinski definition) is 0. The highest BCUT2D eigenvalue weighted by Crippen LogP contribution is 2.72. The third kappa shape index (κ3) is 2.79. The molecule has 2 fully saturated rings. The standard InChI is InChI=1S/C20H16N2O8/c1-19(2)29-17(23)20(18(24)30-19)15(11-3-7-13(8-4-11)21(25)26)16(20)12-5-9-14(10-6-12)22(27)28/h3-10,15-16H,1-2H3/t15-,16-/m1/s1. The molecule has 154 valence electrons. The maximum absolute atomic E-state index is 13.0. The van der Waals surface area contributed by atoms with Gasteiger partial charge in [0.15, 0.2) is 5.41 Å². The van der Waals surface area contributed by atoms with Crippen LogP contribution < -0.4 is 0 Å². The van der Waals surface area contributed by atoms with Gasteiger partial charge in [0, 0.05) is 49.9 Å². The summed E-state index contributed by atoms with van der Waals surface area (Å²) in [7, 11) is 0. The summed E-state index contributed by atoms with van der Waals surface area (Å²) in [5, 5.41) is 21.9. The first-order valence-electron chi connectivity index (χ1n) is 9.03. The number of rotatable bonds is 4. The smallest absolute Gasteiger partial charge is 0.328 e. The fraction of sp³-hybridized carbons (Fsp3) is 0.300. The van der Waals surface area contributed by atoms with Crippen molar-refractivity contribution in [3.8, 4) is 0 Å². The molecule has 0 amide bonds. The highest BCUT2D eigenvalue weighted by molar-refractivity contribution is 6.08. The Morgan fingerprint density at radius 3 is 1.37 bits per heavy atom. The van der Waals surface area contributed by atoms with Crippen LogP contribution in [-0.2, 0) is 19.1 Å². The van der Waals surface area contributed by atoms with Crippen molar-refractivity contribution in [3.63, 3.8) is 0 Å². The molecule has 2 atom stereocenters. The number of nitro groups is 2. The molecule has 1 spiro atoms. The van der Waals surface area contributed by atoms with Gasteiger partial charge in [0.2, 0.25) is 0 Å². The van der Waals surface area contributed by atoms with Crippen molar-refractivity contribution in [3.05, 3.63) is 79.9 Å². The van der Waals surface area contributed by atoms with Crippen LogP contribution in [0.3, 0.4) is 0 Å². The third-order valence-electron chi connectivity index (χ3n) is 5.48. The number of hydrogen-bond acceptors (Lipinski definition) is 8. The van der Waals surface area contributed by atoms with Crippen LogP contribution >= 0.6 is 0 Å². The minimum absolute atomic E-state index is 0.129. The summed E-state index contributed by atoms with van der Waals surface area (Å²) in [5.41, 5.74) is -0.859. The van der Waals surface area contributed by atoms with Crippen LogP contribution in [-0.4, -0.2) is 27.6 Å². The van der Waals surface area contributed by atoms with Crippen LogP contribution in [0.4, 0.5) is 11.4 Å². The Kier molecular flexibility index (Phi) is 4.12. The van der Waals surface area contributed by atoms with Gasteiger partial charge in [-0.1, -0.05) is 24.3 Å². The molecule has 0 aromatic heterocycles. The molecule has 4 rings (SSSR count). The molecule has 1 heterocycles. The van der Waals surface area contributed by atoms with E-state index in [1.54, 1.807) is 0 Å². The summed E-state index contributed by atoms with van der Waals surface area (Å²) in [6.07, 6.45) is 0. The zero-order valence-electron chi connectivity index (χ0n) is 15.9. The molecule has 0 unspecified atom stereocenters. The number of nitrogens with zero attached hydrogens (tertiary/aromatic N) is 2. The minimum Gasteiger partial charge on any atom is -0.422 e. The average molecular weight is 412 g/mol. The second-order valence-electron chi connectivity index (χ2n) is 7.70. The molecule has 2 aromatic carbocycles. The largest absolute Gasteiger partial charge is 0.422 e. The Labute approximate surface area is 169 Å². The molecule has 2 aromatic rings. The van der Waals surface area contributed by atoms with E-state index in [0.29, 0.717) is 11.1 Å². The topological polar surface area (TPSA) is 139 Å². The molecule has 1 aliphatic carbocycles. The van der Waals surface area contributed by atoms with Crippen molar-refractivity contribution >= 4 is 23.3 Å². The quantitative estimate of drug-likeness (QED) is 0.323. The molecule has 0 N–H and O–H groups in total. The summed E-state index contributed by atoms with van der Waals surface area (Å²) < 4.78 is 10.7. The zero-order chi connectivity index (χ0) is 21.8. The molecule has 0 bridgehead atoms. The Morgan fingerprint density at radius 2 is 1.07 bits per heavy atom. The summed E-state index contributed by atoms with van der Waals surface area (Å²) in [5.74, 6) is -4.29. The second-order valence-corrected chi connectivity index (χ2v) is 7.70. The van der Waals surface area contributed by atoms with Gasteiger partial charge >= 0.3 is 11.9 Å². The Morgan fingerprint density at radius 1 is 0.733 bits per heavy atom. The predicted molar refractivity (Wildman–Crippen MR) is 100 cm³/mol. The lowest BCUT2D eigenvalue weighted by atomic mass is 9.96. The van der Waals surface area contributed by atoms with Gasteiger partial charge in [0.25, 0.3) is 17.2 Å². The first-order chi connectivity index (χ1) is 14.1. The Balaban J connectivity index is 1.79. The van der Waals surface area contributed by atoms with Crippen LogP contribution in [0, 0.1) is 25.6 Å². The van der Waals surface area contributed by atoms with Gasteiger partial charge in [-0.05, 0) is 11.1 Å². The number of carbonyl (C=O) groups excluding carboxylic acids is 2. The Bertz CT molecular complexity index is 989. The monoisotopic (exact) mass is 412 g/mol. The van der Waals surface area contributed by atoms with Gasteiger partial charge in [0.1, 0.15) is 0 Å². The number of carbonyl (C=O) groups is 2. The number of non-ortho nitro benzene ring substituents is 2. The average Bonchev–Trinajstić information content (AvgIpc) is 3.37. The predicted octanol–water partition coefficient (Wildman–Crippen LogP) is 3.21. The highest BCUT2D eigenvalue weighted by Gasteiger charge is 2.79. The van der Waals surface area contributed by atoms with Gasteiger partial charge < -0.3 is 9.47 Å². The summed E-state index contributed by atoms with van der Waals surface area (Å²) in [6, 6.07) is 11.1. The van der Waals surface area contributed by atoms with E-state index in [-0.39, 0.29) is 11.4 Å². The summed E-state index contributed by atoms with van der Waals surface area (Å²) in [6.45, 7) is 2.89. The van der Waals surface area contributed by atoms with E-state index in [0.717, 1.165) is 0 Å². The molecule has 2 aliphatic rings. The SMILES string of the molecule is CC1(C)OC(=O)C2(C(=O)O1)[C@H](c1ccc([N+](=O)[O-])cc1)[C@H]2c1ccc([N+](=O)[O-])cc1. The van der Waals surface area contributed by atoms with E-state index < -0.39 is 44.8 Å². The van der Waals surface area contributed by atoms with Crippen LogP contribution in [0.25, 0.3) is 0 Å². The lowest BCUT2D eigenvalue weighted by molar-refractivity contribution is -0.385. The maximum atomic E-state index is 13.0. The number of ether oxygens (including phenoxy) is 2. The van der Waals surface area contributed by atoms with Gasteiger partial charge in [-0.25, -0.2) is 0 Å². The second kappa shape index (κ2) is 6.34. The van der Waals surface area contributed by atoms with E-state index >= 15 is 0 Å². The van der Waals surface area contributed by atoms with Crippen LogP contribution in [0.2, 0.25) is 0 Å². The molecular weight excluding hydrogens is 396 g/mol.